The van der Waals surface area contributed by atoms with Crippen LogP contribution in [-0.2, 0) is 21.7 Å². The lowest BCUT2D eigenvalue weighted by atomic mass is 9.90. The number of hydrogen-bond acceptors (Lipinski definition) is 3. The lowest BCUT2D eigenvalue weighted by Crippen LogP contribution is -2.18. The van der Waals surface area contributed by atoms with Gasteiger partial charge in [-0.05, 0) is 11.6 Å². The highest BCUT2D eigenvalue weighted by molar-refractivity contribution is 7.93. The van der Waals surface area contributed by atoms with Gasteiger partial charge in [-0.25, -0.2) is 8.57 Å². The Morgan fingerprint density at radius 1 is 1.40 bits per heavy atom. The summed E-state index contributed by atoms with van der Waals surface area (Å²) in [4.78, 5) is 5.25. The zero-order chi connectivity index (χ0) is 11.3. The first-order valence-electron chi connectivity index (χ1n) is 4.99. The van der Waals surface area contributed by atoms with Gasteiger partial charge in [0.2, 0.25) is 0 Å². The third-order valence-corrected chi connectivity index (χ3v) is 4.39. The van der Waals surface area contributed by atoms with E-state index >= 15 is 0 Å². The predicted molar refractivity (Wildman–Crippen MR) is 61.4 cm³/mol. The van der Waals surface area contributed by atoms with E-state index < -0.39 is 9.73 Å². The predicted octanol–water partition coefficient (Wildman–Crippen LogP) is 2.35. The van der Waals surface area contributed by atoms with E-state index in [2.05, 4.69) is 30.1 Å². The molecule has 82 valence electrons. The molecule has 2 heterocycles. The molecule has 0 saturated heterocycles. The lowest BCUT2D eigenvalue weighted by molar-refractivity contribution is 0.551. The molecule has 1 aliphatic heterocycles. The van der Waals surface area contributed by atoms with Gasteiger partial charge in [-0.2, -0.15) is 0 Å². The zero-order valence-electron chi connectivity index (χ0n) is 9.57. The van der Waals surface area contributed by atoms with E-state index in [1.54, 1.807) is 12.5 Å². The molecule has 0 bridgehead atoms. The van der Waals surface area contributed by atoms with Gasteiger partial charge >= 0.3 is 0 Å². The van der Waals surface area contributed by atoms with Crippen molar-refractivity contribution in [3.8, 4) is 0 Å². The van der Waals surface area contributed by atoms with Crippen LogP contribution in [0.2, 0.25) is 0 Å². The lowest BCUT2D eigenvalue weighted by Gasteiger charge is -2.21. The Balaban J connectivity index is 2.77. The van der Waals surface area contributed by atoms with E-state index in [1.165, 1.54) is 0 Å². The maximum Gasteiger partial charge on any atom is 0.0751 e. The largest absolute Gasteiger partial charge is 0.259 e. The van der Waals surface area contributed by atoms with Crippen molar-refractivity contribution in [2.45, 2.75) is 37.6 Å². The number of fused-ring (bicyclic) bond motifs is 1. The van der Waals surface area contributed by atoms with E-state index in [9.17, 15) is 4.21 Å². The highest BCUT2D eigenvalue weighted by Crippen LogP contribution is 2.34. The molecule has 2 rings (SSSR count). The maximum atomic E-state index is 12.3. The first kappa shape index (κ1) is 10.6. The van der Waals surface area contributed by atoms with Crippen molar-refractivity contribution >= 4 is 9.73 Å². The summed E-state index contributed by atoms with van der Waals surface area (Å²) in [5, 5.41) is 0. The first-order valence-corrected chi connectivity index (χ1v) is 6.91. The molecule has 1 aromatic rings. The smallest absolute Gasteiger partial charge is 0.0751 e. The van der Waals surface area contributed by atoms with Crippen molar-refractivity contribution in [1.82, 2.24) is 4.98 Å². The molecular weight excluding hydrogens is 208 g/mol. The second kappa shape index (κ2) is 3.04. The Hall–Kier alpha value is -0.900. The van der Waals surface area contributed by atoms with Crippen LogP contribution in [0.25, 0.3) is 0 Å². The van der Waals surface area contributed by atoms with Crippen molar-refractivity contribution in [2.75, 3.05) is 6.26 Å². The number of rotatable bonds is 0. The van der Waals surface area contributed by atoms with Gasteiger partial charge in [0.1, 0.15) is 0 Å². The fourth-order valence-electron chi connectivity index (χ4n) is 1.83. The molecule has 4 heteroatoms. The minimum absolute atomic E-state index is 0.0795. The summed E-state index contributed by atoms with van der Waals surface area (Å²) >= 11 is 0. The number of hydrogen-bond donors (Lipinski definition) is 0. The van der Waals surface area contributed by atoms with Gasteiger partial charge in [-0.1, -0.05) is 20.8 Å². The van der Waals surface area contributed by atoms with E-state index in [0.29, 0.717) is 6.54 Å². The summed E-state index contributed by atoms with van der Waals surface area (Å²) in [7, 11) is -2.21. The molecule has 0 N–H and O–H groups in total. The maximum absolute atomic E-state index is 12.3. The van der Waals surface area contributed by atoms with Gasteiger partial charge in [0.05, 0.1) is 26.9 Å². The minimum atomic E-state index is -2.21. The number of pyridine rings is 1. The van der Waals surface area contributed by atoms with Crippen LogP contribution in [-0.4, -0.2) is 15.4 Å². The third-order valence-electron chi connectivity index (χ3n) is 2.56. The van der Waals surface area contributed by atoms with Crippen molar-refractivity contribution < 1.29 is 4.21 Å². The molecule has 0 aliphatic carbocycles. The highest BCUT2D eigenvalue weighted by Gasteiger charge is 2.29. The van der Waals surface area contributed by atoms with E-state index in [0.717, 1.165) is 16.2 Å². The van der Waals surface area contributed by atoms with Crippen LogP contribution in [0.4, 0.5) is 0 Å². The Bertz CT molecular complexity index is 520. The molecule has 0 fully saturated rings. The van der Waals surface area contributed by atoms with Gasteiger partial charge in [-0.3, -0.25) is 4.98 Å². The summed E-state index contributed by atoms with van der Waals surface area (Å²) in [6.07, 6.45) is 3.49. The van der Waals surface area contributed by atoms with Crippen LogP contribution in [0.3, 0.4) is 0 Å². The standard InChI is InChI=1S/C11H16N2OS/c1-11(2,3)10-9-8(5-6-12-10)7-13-15(9,4)14/h5-6H,7H2,1-4H3. The normalized spacial score (nSPS) is 24.8. The van der Waals surface area contributed by atoms with Crippen LogP contribution in [0.15, 0.2) is 21.5 Å². The van der Waals surface area contributed by atoms with Gasteiger partial charge in [-0.15, -0.1) is 0 Å². The van der Waals surface area contributed by atoms with Crippen molar-refractivity contribution in [1.29, 1.82) is 0 Å². The molecule has 15 heavy (non-hydrogen) atoms. The van der Waals surface area contributed by atoms with Gasteiger partial charge < -0.3 is 0 Å². The summed E-state index contributed by atoms with van der Waals surface area (Å²) in [5.74, 6) is 0. The topological polar surface area (TPSA) is 42.3 Å². The quantitative estimate of drug-likeness (QED) is 0.679. The summed E-state index contributed by atoms with van der Waals surface area (Å²) in [5.41, 5.74) is 1.92. The molecule has 0 radical (unpaired) electrons. The Kier molecular flexibility index (Phi) is 2.15. The van der Waals surface area contributed by atoms with Crippen molar-refractivity contribution in [2.24, 2.45) is 4.36 Å². The zero-order valence-corrected chi connectivity index (χ0v) is 10.4. The average Bonchev–Trinajstić information content (AvgIpc) is 2.41. The molecule has 3 nitrogen and oxygen atoms in total. The fourth-order valence-corrected chi connectivity index (χ4v) is 3.68. The van der Waals surface area contributed by atoms with E-state index in [1.807, 2.05) is 6.07 Å². The van der Waals surface area contributed by atoms with Crippen LogP contribution in [0.1, 0.15) is 32.0 Å². The monoisotopic (exact) mass is 224 g/mol. The van der Waals surface area contributed by atoms with E-state index in [4.69, 9.17) is 0 Å². The highest BCUT2D eigenvalue weighted by atomic mass is 32.2. The third kappa shape index (κ3) is 1.67. The van der Waals surface area contributed by atoms with Crippen molar-refractivity contribution in [3.05, 3.63) is 23.5 Å². The van der Waals surface area contributed by atoms with Crippen LogP contribution < -0.4 is 0 Å². The minimum Gasteiger partial charge on any atom is -0.259 e. The Labute approximate surface area is 91.1 Å². The molecule has 1 unspecified atom stereocenters. The fraction of sp³-hybridized carbons (Fsp3) is 0.545. The average molecular weight is 224 g/mol. The van der Waals surface area contributed by atoms with Gasteiger partial charge in [0.15, 0.2) is 0 Å². The molecule has 1 aliphatic rings. The van der Waals surface area contributed by atoms with Crippen molar-refractivity contribution in [3.63, 3.8) is 0 Å². The second-order valence-corrected chi connectivity index (χ2v) is 7.26. The molecule has 0 amide bonds. The molecule has 0 aromatic carbocycles. The first-order chi connectivity index (χ1) is 6.82. The molecule has 0 saturated carbocycles. The van der Waals surface area contributed by atoms with Gasteiger partial charge in [0, 0.05) is 17.9 Å². The number of aromatic nitrogens is 1. The second-order valence-electron chi connectivity index (χ2n) is 4.99. The number of nitrogens with zero attached hydrogens (tertiary/aromatic N) is 2. The summed E-state index contributed by atoms with van der Waals surface area (Å²) in [6.45, 7) is 6.83. The Morgan fingerprint density at radius 3 is 2.67 bits per heavy atom. The molecule has 1 aromatic heterocycles. The molecule has 0 spiro atoms. The van der Waals surface area contributed by atoms with E-state index in [-0.39, 0.29) is 5.41 Å². The molecule has 1 atom stereocenters. The Morgan fingerprint density at radius 2 is 2.07 bits per heavy atom. The summed E-state index contributed by atoms with van der Waals surface area (Å²) in [6, 6.07) is 1.92. The molecular formula is C11H16N2OS. The SMILES string of the molecule is CC(C)(C)c1nccc2c1S(C)(=O)=NC2. The van der Waals surface area contributed by atoms with Crippen LogP contribution in [0, 0.1) is 0 Å². The summed E-state index contributed by atoms with van der Waals surface area (Å²) < 4.78 is 16.5. The van der Waals surface area contributed by atoms with Gasteiger partial charge in [0.25, 0.3) is 0 Å². The van der Waals surface area contributed by atoms with Crippen LogP contribution in [0.5, 0.6) is 0 Å². The van der Waals surface area contributed by atoms with Crippen LogP contribution >= 0.6 is 0 Å².